The van der Waals surface area contributed by atoms with Crippen LogP contribution in [0.3, 0.4) is 0 Å². The van der Waals surface area contributed by atoms with E-state index < -0.39 is 0 Å². The van der Waals surface area contributed by atoms with E-state index in [2.05, 4.69) is 52.9 Å². The summed E-state index contributed by atoms with van der Waals surface area (Å²) in [6.07, 6.45) is 3.39. The van der Waals surface area contributed by atoms with Crippen LogP contribution in [0.15, 0.2) is 24.4 Å². The fraction of sp³-hybridized carbons (Fsp3) is 0.562. The predicted octanol–water partition coefficient (Wildman–Crippen LogP) is 2.54. The number of hydrogen-bond acceptors (Lipinski definition) is 3. The molecule has 3 heterocycles. The molecule has 0 saturated carbocycles. The zero-order chi connectivity index (χ0) is 14.1. The molecule has 0 bridgehead atoms. The highest BCUT2D eigenvalue weighted by molar-refractivity contribution is 5.56. The minimum Gasteiger partial charge on any atom is -0.355 e. The highest BCUT2D eigenvalue weighted by Gasteiger charge is 2.28. The molecule has 4 nitrogen and oxygen atoms in total. The molecule has 4 heteroatoms. The lowest BCUT2D eigenvalue weighted by Crippen LogP contribution is -2.23. The van der Waals surface area contributed by atoms with E-state index in [9.17, 15) is 0 Å². The molecule has 0 amide bonds. The Bertz CT molecular complexity index is 587. The molecular formula is C16H24N4. The summed E-state index contributed by atoms with van der Waals surface area (Å²) in [5, 5.41) is 3.27. The van der Waals surface area contributed by atoms with Gasteiger partial charge in [0.05, 0.1) is 5.69 Å². The number of fused-ring (bicyclic) bond motifs is 1. The van der Waals surface area contributed by atoms with Crippen LogP contribution < -0.4 is 10.2 Å². The van der Waals surface area contributed by atoms with Crippen molar-refractivity contribution in [3.63, 3.8) is 0 Å². The van der Waals surface area contributed by atoms with Gasteiger partial charge in [0.2, 0.25) is 0 Å². The lowest BCUT2D eigenvalue weighted by atomic mass is 9.95. The average molecular weight is 272 g/mol. The smallest absolute Gasteiger partial charge is 0.152 e. The molecule has 1 N–H and O–H groups in total. The summed E-state index contributed by atoms with van der Waals surface area (Å²) in [7, 11) is 1.99. The van der Waals surface area contributed by atoms with Crippen molar-refractivity contribution < 1.29 is 0 Å². The Hall–Kier alpha value is -1.55. The molecule has 0 radical (unpaired) electrons. The average Bonchev–Trinajstić information content (AvgIpc) is 3.04. The number of nitrogens with zero attached hydrogens (tertiary/aromatic N) is 3. The first-order valence-electron chi connectivity index (χ1n) is 7.56. The van der Waals surface area contributed by atoms with E-state index >= 15 is 0 Å². The molecule has 1 fully saturated rings. The standard InChI is InChI=1S/C16H24N4/c1-12(2)13-7-9-19(11-13)16-14(10-17-3)20-8-5-4-6-15(20)18-16/h4-6,8,12-13,17H,7,9-11H2,1-3H3. The Morgan fingerprint density at radius 1 is 1.40 bits per heavy atom. The van der Waals surface area contributed by atoms with E-state index in [0.29, 0.717) is 0 Å². The molecule has 108 valence electrons. The molecule has 2 aromatic rings. The number of hydrogen-bond donors (Lipinski definition) is 1. The van der Waals surface area contributed by atoms with Gasteiger partial charge in [-0.1, -0.05) is 19.9 Å². The van der Waals surface area contributed by atoms with Gasteiger partial charge in [0.15, 0.2) is 5.82 Å². The summed E-state index contributed by atoms with van der Waals surface area (Å²) < 4.78 is 2.20. The summed E-state index contributed by atoms with van der Waals surface area (Å²) in [5.74, 6) is 2.71. The molecule has 1 aliphatic heterocycles. The van der Waals surface area contributed by atoms with Crippen molar-refractivity contribution in [3.8, 4) is 0 Å². The van der Waals surface area contributed by atoms with Gasteiger partial charge in [-0.3, -0.25) is 0 Å². The molecule has 0 aromatic carbocycles. The summed E-state index contributed by atoms with van der Waals surface area (Å²) in [4.78, 5) is 7.32. The van der Waals surface area contributed by atoms with E-state index in [-0.39, 0.29) is 0 Å². The van der Waals surface area contributed by atoms with Crippen LogP contribution in [0.5, 0.6) is 0 Å². The van der Waals surface area contributed by atoms with Crippen molar-refractivity contribution in [1.29, 1.82) is 0 Å². The van der Waals surface area contributed by atoms with Crippen molar-refractivity contribution in [2.75, 3.05) is 25.0 Å². The molecule has 0 aliphatic carbocycles. The monoisotopic (exact) mass is 272 g/mol. The number of nitrogens with one attached hydrogen (secondary N) is 1. The maximum absolute atomic E-state index is 4.86. The predicted molar refractivity (Wildman–Crippen MR) is 83.1 cm³/mol. The number of rotatable bonds is 4. The Labute approximate surface area is 120 Å². The largest absolute Gasteiger partial charge is 0.355 e. The first-order valence-corrected chi connectivity index (χ1v) is 7.56. The Morgan fingerprint density at radius 3 is 2.95 bits per heavy atom. The fourth-order valence-corrected chi connectivity index (χ4v) is 3.14. The lowest BCUT2D eigenvalue weighted by molar-refractivity contribution is 0.422. The normalized spacial score (nSPS) is 19.4. The fourth-order valence-electron chi connectivity index (χ4n) is 3.14. The topological polar surface area (TPSA) is 32.6 Å². The van der Waals surface area contributed by atoms with E-state index in [1.807, 2.05) is 7.05 Å². The van der Waals surface area contributed by atoms with Crippen LogP contribution in [0.1, 0.15) is 26.0 Å². The summed E-state index contributed by atoms with van der Waals surface area (Å²) in [6.45, 7) is 7.77. The van der Waals surface area contributed by atoms with E-state index in [0.717, 1.165) is 42.9 Å². The third-order valence-corrected chi connectivity index (χ3v) is 4.42. The molecule has 20 heavy (non-hydrogen) atoms. The van der Waals surface area contributed by atoms with Gasteiger partial charge < -0.3 is 14.6 Å². The van der Waals surface area contributed by atoms with E-state index in [1.54, 1.807) is 0 Å². The molecule has 0 spiro atoms. The van der Waals surface area contributed by atoms with Gasteiger partial charge in [-0.25, -0.2) is 4.98 Å². The maximum atomic E-state index is 4.86. The van der Waals surface area contributed by atoms with Crippen molar-refractivity contribution in [3.05, 3.63) is 30.1 Å². The quantitative estimate of drug-likeness (QED) is 0.928. The van der Waals surface area contributed by atoms with Crippen LogP contribution in [0, 0.1) is 11.8 Å². The van der Waals surface area contributed by atoms with Crippen LogP contribution >= 0.6 is 0 Å². The highest BCUT2D eigenvalue weighted by atomic mass is 15.2. The van der Waals surface area contributed by atoms with Gasteiger partial charge >= 0.3 is 0 Å². The number of pyridine rings is 1. The second-order valence-corrected chi connectivity index (χ2v) is 6.08. The molecule has 1 aliphatic rings. The minimum atomic E-state index is 0.754. The number of aromatic nitrogens is 2. The van der Waals surface area contributed by atoms with Crippen molar-refractivity contribution in [2.24, 2.45) is 11.8 Å². The molecule has 1 atom stereocenters. The maximum Gasteiger partial charge on any atom is 0.152 e. The van der Waals surface area contributed by atoms with E-state index in [4.69, 9.17) is 4.98 Å². The van der Waals surface area contributed by atoms with Crippen molar-refractivity contribution >= 4 is 11.5 Å². The van der Waals surface area contributed by atoms with Crippen LogP contribution in [0.4, 0.5) is 5.82 Å². The summed E-state index contributed by atoms with van der Waals surface area (Å²) >= 11 is 0. The third-order valence-electron chi connectivity index (χ3n) is 4.42. The van der Waals surface area contributed by atoms with Crippen molar-refractivity contribution in [2.45, 2.75) is 26.8 Å². The SMILES string of the molecule is CNCc1c(N2CCC(C(C)C)C2)nc2ccccn12. The van der Waals surface area contributed by atoms with E-state index in [1.165, 1.54) is 12.1 Å². The Kier molecular flexibility index (Phi) is 3.66. The van der Waals surface area contributed by atoms with Crippen LogP contribution in [-0.2, 0) is 6.54 Å². The lowest BCUT2D eigenvalue weighted by Gasteiger charge is -2.19. The van der Waals surface area contributed by atoms with Gasteiger partial charge in [-0.05, 0) is 37.4 Å². The first kappa shape index (κ1) is 13.4. The second-order valence-electron chi connectivity index (χ2n) is 6.08. The third kappa shape index (κ3) is 2.29. The molecule has 3 rings (SSSR count). The first-order chi connectivity index (χ1) is 9.70. The summed E-state index contributed by atoms with van der Waals surface area (Å²) in [5.41, 5.74) is 2.31. The molecular weight excluding hydrogens is 248 g/mol. The summed E-state index contributed by atoms with van der Waals surface area (Å²) in [6, 6.07) is 6.20. The van der Waals surface area contributed by atoms with Gasteiger partial charge in [0.25, 0.3) is 0 Å². The van der Waals surface area contributed by atoms with Crippen LogP contribution in [0.25, 0.3) is 5.65 Å². The van der Waals surface area contributed by atoms with Gasteiger partial charge in [0, 0.05) is 25.8 Å². The minimum absolute atomic E-state index is 0.754. The Balaban J connectivity index is 1.96. The molecule has 1 saturated heterocycles. The molecule has 1 unspecified atom stereocenters. The zero-order valence-electron chi connectivity index (χ0n) is 12.6. The van der Waals surface area contributed by atoms with Crippen molar-refractivity contribution in [1.82, 2.24) is 14.7 Å². The second kappa shape index (κ2) is 5.44. The molecule has 2 aromatic heterocycles. The van der Waals surface area contributed by atoms with Crippen LogP contribution in [0.2, 0.25) is 0 Å². The van der Waals surface area contributed by atoms with Gasteiger partial charge in [-0.2, -0.15) is 0 Å². The van der Waals surface area contributed by atoms with Gasteiger partial charge in [0.1, 0.15) is 5.65 Å². The number of anilines is 1. The Morgan fingerprint density at radius 2 is 2.25 bits per heavy atom. The van der Waals surface area contributed by atoms with Gasteiger partial charge in [-0.15, -0.1) is 0 Å². The number of imidazole rings is 1. The highest BCUT2D eigenvalue weighted by Crippen LogP contribution is 2.30. The zero-order valence-corrected chi connectivity index (χ0v) is 12.6. The van der Waals surface area contributed by atoms with Crippen LogP contribution in [-0.4, -0.2) is 29.5 Å².